The van der Waals surface area contributed by atoms with Crippen LogP contribution in [0.5, 0.6) is 0 Å². The Balaban J connectivity index is 3.13. The minimum absolute atomic E-state index is 0.264. The minimum Gasteiger partial charge on any atom is -0.464 e. The number of urea groups is 1. The molecule has 1 heterocycles. The smallest absolute Gasteiger partial charge is 0.422 e. The molecule has 4 amide bonds. The molecule has 1 aliphatic heterocycles. The fraction of sp³-hybridized carbons (Fsp3) is 0.333. The highest BCUT2D eigenvalue weighted by molar-refractivity contribution is 6.20. The predicted octanol–water partition coefficient (Wildman–Crippen LogP) is 0.426. The van der Waals surface area contributed by atoms with E-state index in [2.05, 4.69) is 4.99 Å². The van der Waals surface area contributed by atoms with Crippen LogP contribution in [0.3, 0.4) is 0 Å². The van der Waals surface area contributed by atoms with Gasteiger partial charge in [-0.3, -0.25) is 4.79 Å². The number of carboxylic acid groups (broad SMARTS) is 1. The quantitative estimate of drug-likeness (QED) is 0.596. The third-order valence-electron chi connectivity index (χ3n) is 1.42. The first-order chi connectivity index (χ1) is 5.86. The van der Waals surface area contributed by atoms with E-state index in [0.717, 1.165) is 6.92 Å². The van der Waals surface area contributed by atoms with Gasteiger partial charge in [0.05, 0.1) is 6.21 Å². The van der Waals surface area contributed by atoms with Crippen molar-refractivity contribution in [2.45, 2.75) is 12.6 Å². The second kappa shape index (κ2) is 2.61. The Hall–Kier alpha value is -1.79. The predicted molar refractivity (Wildman–Crippen MR) is 38.3 cm³/mol. The van der Waals surface area contributed by atoms with Gasteiger partial charge in [0, 0.05) is 0 Å². The summed E-state index contributed by atoms with van der Waals surface area (Å²) in [6.45, 7) is 0.821. The van der Waals surface area contributed by atoms with Crippen molar-refractivity contribution in [2.24, 2.45) is 4.99 Å². The van der Waals surface area contributed by atoms with Gasteiger partial charge in [-0.1, -0.05) is 0 Å². The average Bonchev–Trinajstić information content (AvgIpc) is 1.98. The van der Waals surface area contributed by atoms with E-state index in [1.165, 1.54) is 0 Å². The van der Waals surface area contributed by atoms with Crippen molar-refractivity contribution in [3.05, 3.63) is 0 Å². The summed E-state index contributed by atoms with van der Waals surface area (Å²) in [4.78, 5) is 34.6. The van der Waals surface area contributed by atoms with Gasteiger partial charge in [-0.15, -0.1) is 0 Å². The van der Waals surface area contributed by atoms with E-state index in [9.17, 15) is 18.8 Å². The molecule has 0 bridgehead atoms. The summed E-state index contributed by atoms with van der Waals surface area (Å²) in [6, 6.07) is -1.30. The van der Waals surface area contributed by atoms with Crippen LogP contribution in [0.4, 0.5) is 14.0 Å². The van der Waals surface area contributed by atoms with Crippen molar-refractivity contribution in [3.63, 3.8) is 0 Å². The molecule has 0 aromatic carbocycles. The summed E-state index contributed by atoms with van der Waals surface area (Å²) in [6.07, 6.45) is -1.35. The number of hydrogen-bond donors (Lipinski definition) is 1. The lowest BCUT2D eigenvalue weighted by atomic mass is 10.1. The molecule has 1 aliphatic rings. The Morgan fingerprint density at radius 2 is 2.23 bits per heavy atom. The summed E-state index contributed by atoms with van der Waals surface area (Å²) >= 11 is 0. The zero-order valence-corrected chi connectivity index (χ0v) is 6.52. The molecule has 1 N–H and O–H groups in total. The van der Waals surface area contributed by atoms with E-state index in [4.69, 9.17) is 5.11 Å². The number of carbonyl (C=O) groups excluding carboxylic acids is 2. The number of hydrogen-bond acceptors (Lipinski definition) is 3. The minimum atomic E-state index is -2.54. The molecular weight excluding hydrogens is 183 g/mol. The second-order valence-corrected chi connectivity index (χ2v) is 2.54. The molecule has 0 aromatic heterocycles. The highest BCUT2D eigenvalue weighted by Crippen LogP contribution is 2.17. The Labute approximate surface area is 71.7 Å². The lowest BCUT2D eigenvalue weighted by molar-refractivity contribution is -0.134. The van der Waals surface area contributed by atoms with Gasteiger partial charge < -0.3 is 5.11 Å². The van der Waals surface area contributed by atoms with Crippen LogP contribution in [0.1, 0.15) is 6.92 Å². The molecule has 0 aromatic rings. The van der Waals surface area contributed by atoms with Crippen LogP contribution in [0, 0.1) is 0 Å². The van der Waals surface area contributed by atoms with E-state index >= 15 is 0 Å². The molecule has 0 aliphatic carbocycles. The van der Waals surface area contributed by atoms with E-state index < -0.39 is 23.7 Å². The van der Waals surface area contributed by atoms with E-state index in [-0.39, 0.29) is 4.90 Å². The van der Waals surface area contributed by atoms with Crippen molar-refractivity contribution in [1.82, 2.24) is 4.90 Å². The van der Waals surface area contributed by atoms with Gasteiger partial charge in [-0.05, 0) is 6.92 Å². The molecule has 6 nitrogen and oxygen atoms in total. The number of amides is 4. The standard InChI is InChI=1S/C6H5FN2O4/c1-6(7)2-8-4(11)9(3(6)10)5(12)13/h2H,1H3,(H,12,13). The van der Waals surface area contributed by atoms with Gasteiger partial charge in [-0.2, -0.15) is 4.90 Å². The summed E-state index contributed by atoms with van der Waals surface area (Å²) in [5.41, 5.74) is -2.54. The Morgan fingerprint density at radius 3 is 2.62 bits per heavy atom. The molecule has 1 atom stereocenters. The highest BCUT2D eigenvalue weighted by atomic mass is 19.1. The number of halogens is 1. The summed E-state index contributed by atoms with van der Waals surface area (Å²) in [5, 5.41) is 8.36. The highest BCUT2D eigenvalue weighted by Gasteiger charge is 2.45. The second-order valence-electron chi connectivity index (χ2n) is 2.54. The van der Waals surface area contributed by atoms with Gasteiger partial charge in [0.2, 0.25) is 5.67 Å². The van der Waals surface area contributed by atoms with Gasteiger partial charge >= 0.3 is 12.1 Å². The first kappa shape index (κ1) is 9.30. The molecule has 1 rings (SSSR count). The monoisotopic (exact) mass is 188 g/mol. The summed E-state index contributed by atoms with van der Waals surface area (Å²) in [7, 11) is 0. The van der Waals surface area contributed by atoms with Crippen molar-refractivity contribution >= 4 is 24.2 Å². The van der Waals surface area contributed by atoms with E-state index in [0.29, 0.717) is 6.21 Å². The number of rotatable bonds is 0. The molecule has 7 heteroatoms. The first-order valence-corrected chi connectivity index (χ1v) is 3.22. The Bertz CT molecular complexity index is 323. The van der Waals surface area contributed by atoms with Gasteiger partial charge in [0.15, 0.2) is 0 Å². The Morgan fingerprint density at radius 1 is 1.69 bits per heavy atom. The lowest BCUT2D eigenvalue weighted by Crippen LogP contribution is -2.53. The van der Waals surface area contributed by atoms with Crippen LogP contribution >= 0.6 is 0 Å². The van der Waals surface area contributed by atoms with Crippen molar-refractivity contribution in [2.75, 3.05) is 0 Å². The third-order valence-corrected chi connectivity index (χ3v) is 1.42. The van der Waals surface area contributed by atoms with E-state index in [1.54, 1.807) is 0 Å². The summed E-state index contributed by atoms with van der Waals surface area (Å²) < 4.78 is 13.1. The first-order valence-electron chi connectivity index (χ1n) is 3.22. The summed E-state index contributed by atoms with van der Waals surface area (Å²) in [5.74, 6) is -1.44. The molecule has 0 spiro atoms. The molecule has 0 radical (unpaired) electrons. The fourth-order valence-electron chi connectivity index (χ4n) is 0.764. The number of aliphatic imine (C=N–C) groups is 1. The van der Waals surface area contributed by atoms with Crippen LogP contribution in [0.15, 0.2) is 4.99 Å². The number of alkyl halides is 1. The molecule has 0 saturated heterocycles. The molecule has 70 valence electrons. The van der Waals surface area contributed by atoms with Crippen LogP contribution in [0.25, 0.3) is 0 Å². The number of nitrogens with zero attached hydrogens (tertiary/aromatic N) is 2. The van der Waals surface area contributed by atoms with Crippen molar-refractivity contribution in [3.8, 4) is 0 Å². The number of carbonyl (C=O) groups is 3. The van der Waals surface area contributed by atoms with E-state index in [1.807, 2.05) is 0 Å². The maximum atomic E-state index is 13.1. The Kier molecular flexibility index (Phi) is 1.87. The average molecular weight is 188 g/mol. The van der Waals surface area contributed by atoms with Gasteiger partial charge in [0.25, 0.3) is 5.91 Å². The van der Waals surface area contributed by atoms with Crippen LogP contribution in [-0.2, 0) is 4.79 Å². The largest absolute Gasteiger partial charge is 0.464 e. The third kappa shape index (κ3) is 1.40. The van der Waals surface area contributed by atoms with Crippen LogP contribution < -0.4 is 0 Å². The molecule has 13 heavy (non-hydrogen) atoms. The zero-order valence-electron chi connectivity index (χ0n) is 6.52. The van der Waals surface area contributed by atoms with Crippen LogP contribution in [-0.4, -0.2) is 39.9 Å². The van der Waals surface area contributed by atoms with Crippen molar-refractivity contribution in [1.29, 1.82) is 0 Å². The van der Waals surface area contributed by atoms with Gasteiger partial charge in [0.1, 0.15) is 0 Å². The molecule has 0 fully saturated rings. The molecule has 0 saturated carbocycles. The molecule has 1 unspecified atom stereocenters. The van der Waals surface area contributed by atoms with Crippen molar-refractivity contribution < 1.29 is 23.9 Å². The number of imide groups is 3. The normalized spacial score (nSPS) is 28.0. The maximum Gasteiger partial charge on any atom is 0.422 e. The molecular formula is C6H5FN2O4. The zero-order chi connectivity index (χ0) is 10.2. The van der Waals surface area contributed by atoms with Crippen LogP contribution in [0.2, 0.25) is 0 Å². The lowest BCUT2D eigenvalue weighted by Gasteiger charge is -2.23. The fourth-order valence-corrected chi connectivity index (χ4v) is 0.764. The maximum absolute atomic E-state index is 13.1. The van der Waals surface area contributed by atoms with Gasteiger partial charge in [-0.25, -0.2) is 19.0 Å². The SMILES string of the molecule is CC1(F)C=NC(=O)N(C(=O)O)C1=O. The topological polar surface area (TPSA) is 87.0 Å².